The number of benzene rings is 1. The molecule has 0 radical (unpaired) electrons. The fraction of sp³-hybridized carbons (Fsp3) is 0.333. The summed E-state index contributed by atoms with van der Waals surface area (Å²) in [6.07, 6.45) is -4.38. The molecule has 0 aliphatic heterocycles. The van der Waals surface area contributed by atoms with Gasteiger partial charge in [0.25, 0.3) is 0 Å². The lowest BCUT2D eigenvalue weighted by Crippen LogP contribution is -2.18. The molecule has 3 N–H and O–H groups in total. The quantitative estimate of drug-likeness (QED) is 0.821. The van der Waals surface area contributed by atoms with Crippen molar-refractivity contribution >= 4 is 15.9 Å². The molecule has 0 bridgehead atoms. The monoisotopic (exact) mass is 323 g/mol. The molecule has 1 atom stereocenters. The molecular formula is C12H13BrF3NO. The van der Waals surface area contributed by atoms with E-state index in [1.807, 2.05) is 0 Å². The Kier molecular flexibility index (Phi) is 4.45. The Morgan fingerprint density at radius 2 is 2.06 bits per heavy atom. The molecule has 1 rings (SSSR count). The highest BCUT2D eigenvalue weighted by molar-refractivity contribution is 9.10. The molecule has 100 valence electrons. The van der Waals surface area contributed by atoms with Gasteiger partial charge < -0.3 is 10.8 Å². The Bertz CT molecular complexity index is 471. The van der Waals surface area contributed by atoms with Crippen LogP contribution in [0.5, 0.6) is 5.75 Å². The lowest BCUT2D eigenvalue weighted by molar-refractivity contribution is -0.138. The number of nitrogens with two attached hydrogens (primary N) is 1. The van der Waals surface area contributed by atoms with Gasteiger partial charge >= 0.3 is 6.18 Å². The summed E-state index contributed by atoms with van der Waals surface area (Å²) in [5.41, 5.74) is 5.14. The number of hydrogen-bond acceptors (Lipinski definition) is 2. The number of halogens is 4. The largest absolute Gasteiger partial charge is 0.506 e. The Balaban J connectivity index is 3.38. The minimum Gasteiger partial charge on any atom is -0.506 e. The Morgan fingerprint density at radius 1 is 1.50 bits per heavy atom. The van der Waals surface area contributed by atoms with Crippen LogP contribution in [0.4, 0.5) is 13.2 Å². The van der Waals surface area contributed by atoms with Crippen LogP contribution < -0.4 is 5.73 Å². The van der Waals surface area contributed by atoms with Gasteiger partial charge in [-0.15, -0.1) is 6.58 Å². The molecular weight excluding hydrogens is 311 g/mol. The van der Waals surface area contributed by atoms with Crippen LogP contribution in [0.2, 0.25) is 0 Å². The Labute approximate surface area is 111 Å². The van der Waals surface area contributed by atoms with E-state index >= 15 is 0 Å². The molecule has 0 amide bonds. The third kappa shape index (κ3) is 3.26. The van der Waals surface area contributed by atoms with E-state index in [1.165, 1.54) is 0 Å². The van der Waals surface area contributed by atoms with Gasteiger partial charge in [0.2, 0.25) is 0 Å². The van der Waals surface area contributed by atoms with Crippen molar-refractivity contribution in [1.29, 1.82) is 0 Å². The zero-order valence-corrected chi connectivity index (χ0v) is 11.3. The first-order valence-electron chi connectivity index (χ1n) is 5.13. The van der Waals surface area contributed by atoms with Crippen molar-refractivity contribution in [2.24, 2.45) is 5.73 Å². The van der Waals surface area contributed by atoms with Crippen LogP contribution in [0.15, 0.2) is 28.8 Å². The maximum Gasteiger partial charge on any atom is 0.416 e. The molecule has 0 fully saturated rings. The molecule has 2 nitrogen and oxygen atoms in total. The molecule has 1 aromatic rings. The number of hydrogen-bond donors (Lipinski definition) is 2. The first-order valence-corrected chi connectivity index (χ1v) is 5.92. The first-order chi connectivity index (χ1) is 8.14. The zero-order chi connectivity index (χ0) is 14.1. The third-order valence-electron chi connectivity index (χ3n) is 2.41. The van der Waals surface area contributed by atoms with Crippen molar-refractivity contribution in [1.82, 2.24) is 0 Å². The molecule has 0 unspecified atom stereocenters. The van der Waals surface area contributed by atoms with E-state index in [9.17, 15) is 18.3 Å². The second-order valence-electron chi connectivity index (χ2n) is 4.12. The summed E-state index contributed by atoms with van der Waals surface area (Å²) in [4.78, 5) is 0. The van der Waals surface area contributed by atoms with Crippen molar-refractivity contribution < 1.29 is 18.3 Å². The molecule has 0 aromatic heterocycles. The third-order valence-corrected chi connectivity index (χ3v) is 3.05. The van der Waals surface area contributed by atoms with Gasteiger partial charge in [-0.2, -0.15) is 13.2 Å². The summed E-state index contributed by atoms with van der Waals surface area (Å²) in [6, 6.07) is 1.10. The minimum absolute atomic E-state index is 0.174. The van der Waals surface area contributed by atoms with Crippen LogP contribution in [0.25, 0.3) is 0 Å². The normalized spacial score (nSPS) is 13.4. The van der Waals surface area contributed by atoms with Gasteiger partial charge in [-0.1, -0.05) is 5.57 Å². The predicted octanol–water partition coefficient (Wildman–Crippen LogP) is 4.14. The van der Waals surface area contributed by atoms with Gasteiger partial charge in [0, 0.05) is 11.6 Å². The summed E-state index contributed by atoms with van der Waals surface area (Å²) in [6.45, 7) is 5.28. The summed E-state index contributed by atoms with van der Waals surface area (Å²) in [5.74, 6) is -0.474. The van der Waals surface area contributed by atoms with Gasteiger partial charge in [-0.3, -0.25) is 0 Å². The van der Waals surface area contributed by atoms with Crippen LogP contribution >= 0.6 is 15.9 Å². The van der Waals surface area contributed by atoms with E-state index in [2.05, 4.69) is 22.5 Å². The van der Waals surface area contributed by atoms with E-state index in [1.54, 1.807) is 6.92 Å². The fourth-order valence-corrected chi connectivity index (χ4v) is 2.03. The molecule has 0 saturated carbocycles. The SMILES string of the molecule is C=C(C)C[C@H](N)c1c(C(F)(F)F)ccc(Br)c1O. The number of rotatable bonds is 3. The molecule has 1 aromatic carbocycles. The van der Waals surface area contributed by atoms with Crippen LogP contribution in [-0.2, 0) is 6.18 Å². The standard InChI is InChI=1S/C12H13BrF3NO/c1-6(2)5-9(17)10-7(12(14,15)16)3-4-8(13)11(10)18/h3-4,9,18H,1,5,17H2,2H3/t9-/m0/s1. The summed E-state index contributed by atoms with van der Waals surface area (Å²) < 4.78 is 38.7. The smallest absolute Gasteiger partial charge is 0.416 e. The molecule has 0 aliphatic rings. The van der Waals surface area contributed by atoms with Crippen molar-refractivity contribution in [2.75, 3.05) is 0 Å². The second-order valence-corrected chi connectivity index (χ2v) is 4.98. The van der Waals surface area contributed by atoms with Gasteiger partial charge in [0.05, 0.1) is 10.0 Å². The molecule has 0 aliphatic carbocycles. The van der Waals surface area contributed by atoms with Gasteiger partial charge in [0.1, 0.15) is 5.75 Å². The predicted molar refractivity (Wildman–Crippen MR) is 67.2 cm³/mol. The maximum atomic E-state index is 12.9. The number of aromatic hydroxyl groups is 1. The highest BCUT2D eigenvalue weighted by Gasteiger charge is 2.36. The van der Waals surface area contributed by atoms with E-state index in [0.717, 1.165) is 12.1 Å². The Hall–Kier alpha value is -1.01. The van der Waals surface area contributed by atoms with E-state index in [-0.39, 0.29) is 16.5 Å². The average molecular weight is 324 g/mol. The van der Waals surface area contributed by atoms with Crippen LogP contribution in [-0.4, -0.2) is 5.11 Å². The average Bonchev–Trinajstić information content (AvgIpc) is 2.18. The van der Waals surface area contributed by atoms with Gasteiger partial charge in [0.15, 0.2) is 0 Å². The summed E-state index contributed by atoms with van der Waals surface area (Å²) >= 11 is 2.99. The van der Waals surface area contributed by atoms with E-state index < -0.39 is 23.5 Å². The van der Waals surface area contributed by atoms with E-state index in [0.29, 0.717) is 5.57 Å². The van der Waals surface area contributed by atoms with Crippen LogP contribution in [0.3, 0.4) is 0 Å². The second kappa shape index (κ2) is 5.32. The lowest BCUT2D eigenvalue weighted by Gasteiger charge is -2.20. The summed E-state index contributed by atoms with van der Waals surface area (Å²) in [5, 5.41) is 9.77. The lowest BCUT2D eigenvalue weighted by atomic mass is 9.95. The maximum absolute atomic E-state index is 12.9. The van der Waals surface area contributed by atoms with Crippen LogP contribution in [0, 0.1) is 0 Å². The number of alkyl halides is 3. The number of phenolic OH excluding ortho intramolecular Hbond substituents is 1. The molecule has 0 heterocycles. The van der Waals surface area contributed by atoms with Gasteiger partial charge in [-0.25, -0.2) is 0 Å². The van der Waals surface area contributed by atoms with Crippen LogP contribution in [0.1, 0.15) is 30.5 Å². The van der Waals surface area contributed by atoms with E-state index in [4.69, 9.17) is 5.73 Å². The molecule has 0 spiro atoms. The Morgan fingerprint density at radius 3 is 2.50 bits per heavy atom. The molecule has 0 saturated heterocycles. The van der Waals surface area contributed by atoms with Crippen molar-refractivity contribution in [3.63, 3.8) is 0 Å². The molecule has 6 heteroatoms. The minimum atomic E-state index is -4.56. The van der Waals surface area contributed by atoms with Crippen molar-refractivity contribution in [2.45, 2.75) is 25.6 Å². The zero-order valence-electron chi connectivity index (χ0n) is 9.68. The summed E-state index contributed by atoms with van der Waals surface area (Å²) in [7, 11) is 0. The van der Waals surface area contributed by atoms with Crippen molar-refractivity contribution in [3.05, 3.63) is 39.9 Å². The highest BCUT2D eigenvalue weighted by Crippen LogP contribution is 2.42. The number of phenols is 1. The van der Waals surface area contributed by atoms with Crippen molar-refractivity contribution in [3.8, 4) is 5.75 Å². The highest BCUT2D eigenvalue weighted by atomic mass is 79.9. The molecule has 18 heavy (non-hydrogen) atoms. The topological polar surface area (TPSA) is 46.2 Å². The van der Waals surface area contributed by atoms with Gasteiger partial charge in [-0.05, 0) is 41.4 Å². The fourth-order valence-electron chi connectivity index (χ4n) is 1.68. The first kappa shape index (κ1) is 15.0.